The number of benzene rings is 1. The van der Waals surface area contributed by atoms with Crippen LogP contribution in [0.4, 0.5) is 4.79 Å². The average Bonchev–Trinajstić information content (AvgIpc) is 2.71. The molecule has 2 unspecified atom stereocenters. The van der Waals surface area contributed by atoms with Gasteiger partial charge < -0.3 is 25.0 Å². The second-order valence-corrected chi connectivity index (χ2v) is 10.3. The molecule has 2 N–H and O–H groups in total. The van der Waals surface area contributed by atoms with E-state index in [0.29, 0.717) is 5.56 Å². The summed E-state index contributed by atoms with van der Waals surface area (Å²) < 4.78 is 10.3. The van der Waals surface area contributed by atoms with Crippen LogP contribution >= 0.6 is 0 Å². The first-order valence-corrected chi connectivity index (χ1v) is 12.7. The molecule has 2 atom stereocenters. The van der Waals surface area contributed by atoms with Gasteiger partial charge in [-0.2, -0.15) is 0 Å². The van der Waals surface area contributed by atoms with Crippen LogP contribution in [0.1, 0.15) is 83.0 Å². The summed E-state index contributed by atoms with van der Waals surface area (Å²) in [6, 6.07) is 3.80. The lowest BCUT2D eigenvalue weighted by Crippen LogP contribution is -2.57. The molecule has 1 aromatic carbocycles. The van der Waals surface area contributed by atoms with Crippen molar-refractivity contribution in [2.24, 2.45) is 0 Å². The van der Waals surface area contributed by atoms with E-state index in [9.17, 15) is 19.2 Å². The number of rotatable bonds is 10. The number of esters is 1. The van der Waals surface area contributed by atoms with Gasteiger partial charge in [0.05, 0.1) is 13.0 Å². The van der Waals surface area contributed by atoms with Crippen molar-refractivity contribution < 1.29 is 28.7 Å². The first-order valence-electron chi connectivity index (χ1n) is 12.7. The quantitative estimate of drug-likeness (QED) is 0.471. The van der Waals surface area contributed by atoms with Gasteiger partial charge in [-0.05, 0) is 78.9 Å². The highest BCUT2D eigenvalue weighted by atomic mass is 16.6. The Labute approximate surface area is 214 Å². The minimum atomic E-state index is -0.909. The maximum Gasteiger partial charge on any atom is 0.408 e. The highest BCUT2D eigenvalue weighted by Gasteiger charge is 2.41. The third kappa shape index (κ3) is 8.24. The molecule has 0 aliphatic heterocycles. The molecule has 0 radical (unpaired) electrons. The van der Waals surface area contributed by atoms with Gasteiger partial charge in [-0.25, -0.2) is 4.79 Å². The van der Waals surface area contributed by atoms with Crippen molar-refractivity contribution in [1.82, 2.24) is 15.5 Å². The molecular weight excluding hydrogens is 462 g/mol. The molecule has 0 bridgehead atoms. The van der Waals surface area contributed by atoms with E-state index in [4.69, 9.17) is 9.47 Å². The van der Waals surface area contributed by atoms with Gasteiger partial charge in [0, 0.05) is 12.6 Å². The predicted molar refractivity (Wildman–Crippen MR) is 136 cm³/mol. The van der Waals surface area contributed by atoms with E-state index < -0.39 is 29.7 Å². The van der Waals surface area contributed by atoms with E-state index in [-0.39, 0.29) is 37.4 Å². The summed E-state index contributed by atoms with van der Waals surface area (Å²) in [4.78, 5) is 53.0. The minimum absolute atomic E-state index is 0.0349. The van der Waals surface area contributed by atoms with Crippen molar-refractivity contribution in [3.05, 3.63) is 34.9 Å². The van der Waals surface area contributed by atoms with Gasteiger partial charge in [-0.3, -0.25) is 14.4 Å². The highest BCUT2D eigenvalue weighted by Crippen LogP contribution is 2.35. The van der Waals surface area contributed by atoms with Gasteiger partial charge in [-0.15, -0.1) is 0 Å². The standard InChI is InChI=1S/C27H41N3O6/c1-8-35-22(31)14-15-28-24(32)23(21-13-12-17(2)16-18(21)3)30(20-10-9-11-20)25(33)19(4)29-26(34)36-27(5,6)7/h12-13,16,19-20,23H,8-11,14-15H2,1-7H3,(H,28,32)(H,29,34). The van der Waals surface area contributed by atoms with E-state index >= 15 is 0 Å². The number of carbonyl (C=O) groups is 4. The van der Waals surface area contributed by atoms with Gasteiger partial charge in [-0.1, -0.05) is 23.8 Å². The van der Waals surface area contributed by atoms with E-state index in [1.165, 1.54) is 0 Å². The number of carbonyl (C=O) groups excluding carboxylic acids is 4. The molecule has 9 nitrogen and oxygen atoms in total. The summed E-state index contributed by atoms with van der Waals surface area (Å²) >= 11 is 0. The van der Waals surface area contributed by atoms with Crippen LogP contribution in [0.3, 0.4) is 0 Å². The van der Waals surface area contributed by atoms with E-state index in [1.54, 1.807) is 39.5 Å². The molecule has 1 fully saturated rings. The van der Waals surface area contributed by atoms with Crippen LogP contribution in [0.25, 0.3) is 0 Å². The molecule has 0 heterocycles. The molecule has 0 saturated heterocycles. The van der Waals surface area contributed by atoms with Crippen molar-refractivity contribution in [1.29, 1.82) is 0 Å². The zero-order chi connectivity index (χ0) is 27.0. The van der Waals surface area contributed by atoms with Gasteiger partial charge in [0.2, 0.25) is 11.8 Å². The second kappa shape index (κ2) is 12.7. The SMILES string of the molecule is CCOC(=O)CCNC(=O)C(c1ccc(C)cc1C)N(C(=O)C(C)NC(=O)OC(C)(C)C)C1CCC1. The number of ether oxygens (including phenoxy) is 2. The lowest BCUT2D eigenvalue weighted by atomic mass is 9.87. The molecule has 0 spiro atoms. The number of nitrogens with one attached hydrogen (secondary N) is 2. The largest absolute Gasteiger partial charge is 0.466 e. The lowest BCUT2D eigenvalue weighted by Gasteiger charge is -2.43. The van der Waals surface area contributed by atoms with Crippen molar-refractivity contribution in [2.75, 3.05) is 13.2 Å². The van der Waals surface area contributed by atoms with Crippen LogP contribution in [0.5, 0.6) is 0 Å². The number of nitrogens with zero attached hydrogens (tertiary/aromatic N) is 1. The van der Waals surface area contributed by atoms with Gasteiger partial charge in [0.15, 0.2) is 0 Å². The third-order valence-corrected chi connectivity index (χ3v) is 6.01. The zero-order valence-corrected chi connectivity index (χ0v) is 22.6. The smallest absolute Gasteiger partial charge is 0.408 e. The fourth-order valence-electron chi connectivity index (χ4n) is 4.12. The third-order valence-electron chi connectivity index (χ3n) is 6.01. The van der Waals surface area contributed by atoms with Crippen LogP contribution in [0.2, 0.25) is 0 Å². The summed E-state index contributed by atoms with van der Waals surface area (Å²) in [5.74, 6) is -1.14. The Hall–Kier alpha value is -3.10. The Balaban J connectivity index is 2.35. The molecule has 200 valence electrons. The maximum absolute atomic E-state index is 13.7. The van der Waals surface area contributed by atoms with E-state index in [2.05, 4.69) is 10.6 Å². The zero-order valence-electron chi connectivity index (χ0n) is 22.6. The highest BCUT2D eigenvalue weighted by molar-refractivity contribution is 5.92. The van der Waals surface area contributed by atoms with Gasteiger partial charge in [0.1, 0.15) is 17.7 Å². The van der Waals surface area contributed by atoms with Crippen molar-refractivity contribution in [3.8, 4) is 0 Å². The van der Waals surface area contributed by atoms with Crippen LogP contribution in [-0.4, -0.2) is 59.6 Å². The maximum atomic E-state index is 13.7. The number of hydrogen-bond acceptors (Lipinski definition) is 6. The first-order chi connectivity index (χ1) is 16.8. The molecule has 36 heavy (non-hydrogen) atoms. The van der Waals surface area contributed by atoms with E-state index in [0.717, 1.165) is 30.4 Å². The normalized spacial score (nSPS) is 15.2. The summed E-state index contributed by atoms with van der Waals surface area (Å²) in [6.45, 7) is 12.8. The monoisotopic (exact) mass is 503 g/mol. The number of aryl methyl sites for hydroxylation is 2. The molecule has 0 aromatic heterocycles. The topological polar surface area (TPSA) is 114 Å². The summed E-state index contributed by atoms with van der Waals surface area (Å²) in [7, 11) is 0. The van der Waals surface area contributed by atoms with Crippen molar-refractivity contribution >= 4 is 23.9 Å². The lowest BCUT2D eigenvalue weighted by molar-refractivity contribution is -0.147. The van der Waals surface area contributed by atoms with Crippen LogP contribution in [-0.2, 0) is 23.9 Å². The fraction of sp³-hybridized carbons (Fsp3) is 0.630. The Kier molecular flexibility index (Phi) is 10.3. The first kappa shape index (κ1) is 29.1. The number of hydrogen-bond donors (Lipinski definition) is 2. The molecular formula is C27H41N3O6. The molecule has 3 amide bonds. The Morgan fingerprint density at radius 3 is 2.33 bits per heavy atom. The minimum Gasteiger partial charge on any atom is -0.466 e. The molecule has 2 rings (SSSR count). The Bertz CT molecular complexity index is 951. The van der Waals surface area contributed by atoms with Crippen LogP contribution in [0.15, 0.2) is 18.2 Å². The molecule has 1 aliphatic carbocycles. The summed E-state index contributed by atoms with van der Waals surface area (Å²) in [5.41, 5.74) is 1.92. The average molecular weight is 504 g/mol. The molecule has 1 aliphatic rings. The van der Waals surface area contributed by atoms with Gasteiger partial charge >= 0.3 is 12.1 Å². The summed E-state index contributed by atoms with van der Waals surface area (Å²) in [5, 5.41) is 5.43. The fourth-order valence-corrected chi connectivity index (χ4v) is 4.12. The van der Waals surface area contributed by atoms with Gasteiger partial charge in [0.25, 0.3) is 0 Å². The molecule has 1 aromatic rings. The van der Waals surface area contributed by atoms with E-state index in [1.807, 2.05) is 32.0 Å². The van der Waals surface area contributed by atoms with Crippen LogP contribution < -0.4 is 10.6 Å². The molecule has 1 saturated carbocycles. The number of alkyl carbamates (subject to hydrolysis) is 1. The number of amides is 3. The predicted octanol–water partition coefficient (Wildman–Crippen LogP) is 3.71. The van der Waals surface area contributed by atoms with Crippen molar-refractivity contribution in [2.45, 2.75) is 97.9 Å². The Morgan fingerprint density at radius 2 is 1.81 bits per heavy atom. The molecule has 9 heteroatoms. The second-order valence-electron chi connectivity index (χ2n) is 10.3. The Morgan fingerprint density at radius 1 is 1.14 bits per heavy atom. The van der Waals surface area contributed by atoms with Crippen LogP contribution in [0, 0.1) is 13.8 Å². The summed E-state index contributed by atoms with van der Waals surface area (Å²) in [6.07, 6.45) is 1.82. The van der Waals surface area contributed by atoms with Crippen molar-refractivity contribution in [3.63, 3.8) is 0 Å².